The van der Waals surface area contributed by atoms with E-state index in [9.17, 15) is 22.8 Å². The third-order valence-corrected chi connectivity index (χ3v) is 6.13. The summed E-state index contributed by atoms with van der Waals surface area (Å²) in [6.45, 7) is 1.74. The zero-order chi connectivity index (χ0) is 27.4. The molecule has 5 rings (SSSR count). The predicted octanol–water partition coefficient (Wildman–Crippen LogP) is 4.71. The molecule has 0 radical (unpaired) electrons. The van der Waals surface area contributed by atoms with Crippen LogP contribution in [0.3, 0.4) is 0 Å². The molecule has 2 amide bonds. The molecule has 1 aliphatic rings. The second kappa shape index (κ2) is 11.1. The number of rotatable bonds is 6. The molecule has 1 aromatic carbocycles. The van der Waals surface area contributed by atoms with Gasteiger partial charge >= 0.3 is 6.18 Å². The maximum Gasteiger partial charge on any atom is 0.420 e. The molecule has 0 spiro atoms. The number of carbonyl (C=O) groups excluding carboxylic acids is 2. The van der Waals surface area contributed by atoms with Gasteiger partial charge in [-0.3, -0.25) is 19.6 Å². The standard InChI is InChI=1S/C28H23F3N4O4/c29-28(30,31)23-14-20(24-5-4-19(16-33-24)27(37)35-8-10-38-11-9-35)12-21-13-22(39-26(21)23)17-34-25(36)6-3-18-2-1-7-32-15-18/h1-7,12-16H,8-11,17H2,(H,34,36). The Morgan fingerprint density at radius 2 is 1.90 bits per heavy atom. The molecule has 0 bridgehead atoms. The van der Waals surface area contributed by atoms with Gasteiger partial charge in [0.25, 0.3) is 5.91 Å². The molecule has 1 saturated heterocycles. The topological polar surface area (TPSA) is 97.6 Å². The number of fused-ring (bicyclic) bond motifs is 1. The van der Waals surface area contributed by atoms with Crippen LogP contribution in [0.2, 0.25) is 0 Å². The largest absolute Gasteiger partial charge is 0.459 e. The van der Waals surface area contributed by atoms with Crippen molar-refractivity contribution in [1.29, 1.82) is 0 Å². The van der Waals surface area contributed by atoms with Gasteiger partial charge in [-0.05, 0) is 48.0 Å². The van der Waals surface area contributed by atoms with E-state index >= 15 is 0 Å². The Labute approximate surface area is 221 Å². The molecular weight excluding hydrogens is 513 g/mol. The molecule has 0 atom stereocenters. The molecule has 0 saturated carbocycles. The van der Waals surface area contributed by atoms with E-state index < -0.39 is 17.6 Å². The molecule has 200 valence electrons. The van der Waals surface area contributed by atoms with Gasteiger partial charge in [0.1, 0.15) is 11.3 Å². The number of nitrogens with one attached hydrogen (secondary N) is 1. The van der Waals surface area contributed by atoms with E-state index in [1.54, 1.807) is 41.6 Å². The lowest BCUT2D eigenvalue weighted by atomic mass is 10.0. The first-order valence-corrected chi connectivity index (χ1v) is 12.1. The second-order valence-electron chi connectivity index (χ2n) is 8.83. The maximum absolute atomic E-state index is 13.9. The van der Waals surface area contributed by atoms with Crippen molar-refractivity contribution >= 4 is 28.9 Å². The summed E-state index contributed by atoms with van der Waals surface area (Å²) < 4.78 is 52.6. The molecule has 4 aromatic rings. The fourth-order valence-electron chi connectivity index (χ4n) is 4.17. The van der Waals surface area contributed by atoms with Gasteiger partial charge in [-0.1, -0.05) is 6.07 Å². The van der Waals surface area contributed by atoms with E-state index in [0.29, 0.717) is 31.9 Å². The number of amides is 2. The SMILES string of the molecule is O=C(C=Cc1cccnc1)NCc1cc2cc(-c3ccc(C(=O)N4CCOCC4)cn3)cc(C(F)(F)F)c2o1. The first kappa shape index (κ1) is 26.1. The molecule has 1 aliphatic heterocycles. The number of ether oxygens (including phenoxy) is 1. The van der Waals surface area contributed by atoms with E-state index in [0.717, 1.165) is 11.6 Å². The number of morpholine rings is 1. The Morgan fingerprint density at radius 1 is 1.08 bits per heavy atom. The third kappa shape index (κ3) is 6.15. The van der Waals surface area contributed by atoms with Crippen molar-refractivity contribution in [3.05, 3.63) is 89.6 Å². The number of nitrogens with zero attached hydrogens (tertiary/aromatic N) is 3. The Kier molecular flexibility index (Phi) is 7.42. The molecule has 0 aliphatic carbocycles. The fourth-order valence-corrected chi connectivity index (χ4v) is 4.17. The molecule has 8 nitrogen and oxygen atoms in total. The highest BCUT2D eigenvalue weighted by atomic mass is 19.4. The van der Waals surface area contributed by atoms with Crippen LogP contribution in [-0.4, -0.2) is 53.0 Å². The number of aromatic nitrogens is 2. The quantitative estimate of drug-likeness (QED) is 0.359. The number of hydrogen-bond acceptors (Lipinski definition) is 6. The van der Waals surface area contributed by atoms with Crippen LogP contribution in [0.15, 0.2) is 71.5 Å². The van der Waals surface area contributed by atoms with Crippen molar-refractivity contribution in [2.75, 3.05) is 26.3 Å². The highest BCUT2D eigenvalue weighted by molar-refractivity contribution is 5.94. The zero-order valence-electron chi connectivity index (χ0n) is 20.6. The molecule has 0 unspecified atom stereocenters. The van der Waals surface area contributed by atoms with Crippen molar-refractivity contribution in [3.63, 3.8) is 0 Å². The van der Waals surface area contributed by atoms with Gasteiger partial charge in [0.2, 0.25) is 5.91 Å². The highest BCUT2D eigenvalue weighted by Gasteiger charge is 2.35. The number of pyridine rings is 2. The molecule has 1 N–H and O–H groups in total. The van der Waals surface area contributed by atoms with Crippen molar-refractivity contribution in [1.82, 2.24) is 20.2 Å². The molecule has 11 heteroatoms. The summed E-state index contributed by atoms with van der Waals surface area (Å²) in [4.78, 5) is 34.7. The lowest BCUT2D eigenvalue weighted by Gasteiger charge is -2.26. The van der Waals surface area contributed by atoms with Crippen molar-refractivity contribution in [2.24, 2.45) is 0 Å². The van der Waals surface area contributed by atoms with Gasteiger partial charge in [-0.2, -0.15) is 13.2 Å². The number of hydrogen-bond donors (Lipinski definition) is 1. The minimum atomic E-state index is -4.69. The Balaban J connectivity index is 1.36. The van der Waals surface area contributed by atoms with Crippen LogP contribution < -0.4 is 5.32 Å². The summed E-state index contributed by atoms with van der Waals surface area (Å²) >= 11 is 0. The summed E-state index contributed by atoms with van der Waals surface area (Å²) in [7, 11) is 0. The lowest BCUT2D eigenvalue weighted by molar-refractivity contribution is -0.136. The second-order valence-corrected chi connectivity index (χ2v) is 8.83. The minimum absolute atomic E-state index is 0.103. The van der Waals surface area contributed by atoms with Crippen molar-refractivity contribution in [3.8, 4) is 11.3 Å². The summed E-state index contributed by atoms with van der Waals surface area (Å²) in [6, 6.07) is 10.5. The van der Waals surface area contributed by atoms with Crippen molar-refractivity contribution < 1.29 is 31.9 Å². The monoisotopic (exact) mass is 536 g/mol. The summed E-state index contributed by atoms with van der Waals surface area (Å²) in [6.07, 6.45) is 2.74. The normalized spacial score (nSPS) is 14.2. The van der Waals surface area contributed by atoms with Crippen LogP contribution in [0.25, 0.3) is 28.3 Å². The number of halogens is 3. The minimum Gasteiger partial charge on any atom is -0.459 e. The first-order chi connectivity index (χ1) is 18.8. The lowest BCUT2D eigenvalue weighted by Crippen LogP contribution is -2.40. The van der Waals surface area contributed by atoms with E-state index in [1.807, 2.05) is 0 Å². The van der Waals surface area contributed by atoms with E-state index in [2.05, 4.69) is 15.3 Å². The number of carbonyl (C=O) groups is 2. The van der Waals surface area contributed by atoms with E-state index in [1.165, 1.54) is 30.5 Å². The molecule has 4 heterocycles. The fraction of sp³-hybridized carbons (Fsp3) is 0.214. The Morgan fingerprint density at radius 3 is 2.59 bits per heavy atom. The molecular formula is C28H23F3N4O4. The van der Waals surface area contributed by atoms with Gasteiger partial charge in [-0.25, -0.2) is 0 Å². The molecule has 1 fully saturated rings. The summed E-state index contributed by atoms with van der Waals surface area (Å²) in [5, 5.41) is 2.81. The van der Waals surface area contributed by atoms with Crippen LogP contribution in [0.4, 0.5) is 13.2 Å². The van der Waals surface area contributed by atoms with Gasteiger partial charge in [0.05, 0.1) is 36.6 Å². The number of alkyl halides is 3. The number of furan rings is 1. The third-order valence-electron chi connectivity index (χ3n) is 6.13. The Bertz CT molecular complexity index is 1510. The highest BCUT2D eigenvalue weighted by Crippen LogP contribution is 2.39. The Hall–Kier alpha value is -4.51. The van der Waals surface area contributed by atoms with Crippen LogP contribution in [0, 0.1) is 0 Å². The average Bonchev–Trinajstić information content (AvgIpc) is 3.37. The summed E-state index contributed by atoms with van der Waals surface area (Å²) in [5.74, 6) is -0.484. The smallest absolute Gasteiger partial charge is 0.420 e. The van der Waals surface area contributed by atoms with Gasteiger partial charge in [0, 0.05) is 48.7 Å². The van der Waals surface area contributed by atoms with Crippen LogP contribution in [-0.2, 0) is 22.3 Å². The van der Waals surface area contributed by atoms with Crippen molar-refractivity contribution in [2.45, 2.75) is 12.7 Å². The van der Waals surface area contributed by atoms with Crippen LogP contribution >= 0.6 is 0 Å². The maximum atomic E-state index is 13.9. The zero-order valence-corrected chi connectivity index (χ0v) is 20.6. The average molecular weight is 537 g/mol. The first-order valence-electron chi connectivity index (χ1n) is 12.1. The van der Waals surface area contributed by atoms with E-state index in [4.69, 9.17) is 9.15 Å². The molecule has 3 aromatic heterocycles. The van der Waals surface area contributed by atoms with Crippen LogP contribution in [0.5, 0.6) is 0 Å². The molecule has 39 heavy (non-hydrogen) atoms. The van der Waals surface area contributed by atoms with Gasteiger partial charge in [0.15, 0.2) is 0 Å². The summed E-state index contributed by atoms with van der Waals surface area (Å²) in [5.41, 5.74) is 0.274. The van der Waals surface area contributed by atoms with E-state index in [-0.39, 0.29) is 40.4 Å². The predicted molar refractivity (Wildman–Crippen MR) is 136 cm³/mol. The van der Waals surface area contributed by atoms with Crippen LogP contribution in [0.1, 0.15) is 27.2 Å². The number of benzene rings is 1. The van der Waals surface area contributed by atoms with Gasteiger partial charge < -0.3 is 19.4 Å². The van der Waals surface area contributed by atoms with Gasteiger partial charge in [-0.15, -0.1) is 0 Å².